The molecule has 4 rings (SSSR count). The van der Waals surface area contributed by atoms with Gasteiger partial charge in [0, 0.05) is 48.9 Å². The zero-order valence-corrected chi connectivity index (χ0v) is 19.6. The molecule has 2 N–H and O–H groups in total. The molecule has 2 aliphatic rings. The molecule has 0 saturated carbocycles. The number of anilines is 2. The highest BCUT2D eigenvalue weighted by atomic mass is 16.6. The van der Waals surface area contributed by atoms with Gasteiger partial charge in [0.2, 0.25) is 5.91 Å². The van der Waals surface area contributed by atoms with Gasteiger partial charge in [-0.05, 0) is 43.0 Å². The Bertz CT molecular complexity index is 1180. The number of hydrogen-bond donors (Lipinski definition) is 2. The Morgan fingerprint density at radius 3 is 2.71 bits per heavy atom. The van der Waals surface area contributed by atoms with E-state index in [-0.39, 0.29) is 30.3 Å². The van der Waals surface area contributed by atoms with Gasteiger partial charge in [-0.15, -0.1) is 0 Å². The Kier molecular flexibility index (Phi) is 7.00. The van der Waals surface area contributed by atoms with E-state index < -0.39 is 22.3 Å². The summed E-state index contributed by atoms with van der Waals surface area (Å²) in [4.78, 5) is 40.1. The van der Waals surface area contributed by atoms with E-state index >= 15 is 0 Å². The predicted octanol–water partition coefficient (Wildman–Crippen LogP) is 3.42. The minimum absolute atomic E-state index is 0.0698. The fourth-order valence-electron chi connectivity index (χ4n) is 4.80. The van der Waals surface area contributed by atoms with Crippen molar-refractivity contribution in [1.82, 2.24) is 0 Å². The van der Waals surface area contributed by atoms with Crippen LogP contribution in [0.3, 0.4) is 0 Å². The van der Waals surface area contributed by atoms with Crippen molar-refractivity contribution in [3.8, 4) is 0 Å². The maximum atomic E-state index is 13.6. The summed E-state index contributed by atoms with van der Waals surface area (Å²) < 4.78 is 0. The summed E-state index contributed by atoms with van der Waals surface area (Å²) in [5.74, 6) is -1.20. The topological polar surface area (TPSA) is 124 Å². The number of amides is 2. The monoisotopic (exact) mass is 479 g/mol. The molecule has 0 radical (unpaired) electrons. The van der Waals surface area contributed by atoms with Gasteiger partial charge in [0.25, 0.3) is 11.6 Å². The zero-order valence-electron chi connectivity index (χ0n) is 19.6. The summed E-state index contributed by atoms with van der Waals surface area (Å²) in [6.07, 6.45) is 6.00. The highest BCUT2D eigenvalue weighted by molar-refractivity contribution is 6.07. The van der Waals surface area contributed by atoms with Crippen molar-refractivity contribution in [2.24, 2.45) is 5.92 Å². The van der Waals surface area contributed by atoms with Gasteiger partial charge in [-0.2, -0.15) is 0 Å². The summed E-state index contributed by atoms with van der Waals surface area (Å²) in [5, 5.41) is 32.1. The van der Waals surface area contributed by atoms with Gasteiger partial charge >= 0.3 is 0 Å². The molecule has 2 aromatic carbocycles. The van der Waals surface area contributed by atoms with E-state index in [1.165, 1.54) is 23.1 Å². The van der Waals surface area contributed by atoms with E-state index in [9.17, 15) is 24.8 Å². The van der Waals surface area contributed by atoms with Crippen LogP contribution in [0.5, 0.6) is 0 Å². The van der Waals surface area contributed by atoms with Crippen molar-refractivity contribution in [3.05, 3.63) is 75.9 Å². The average Bonchev–Trinajstić information content (AvgIpc) is 3.07. The number of nitro benzene ring substituents is 1. The van der Waals surface area contributed by atoms with Gasteiger partial charge in [-0.25, -0.2) is 0 Å². The first kappa shape index (κ1) is 24.6. The number of nitrogens with zero attached hydrogens (tertiary/aromatic N) is 3. The molecule has 184 valence electrons. The Balaban J connectivity index is 1.70. The molecule has 1 saturated heterocycles. The van der Waals surface area contributed by atoms with Crippen molar-refractivity contribution in [2.45, 2.75) is 44.8 Å². The van der Waals surface area contributed by atoms with Crippen molar-refractivity contribution < 1.29 is 24.7 Å². The molecular weight excluding hydrogens is 450 g/mol. The molecule has 2 amide bonds. The number of aliphatic hydroxyl groups is 2. The van der Waals surface area contributed by atoms with Crippen LogP contribution in [-0.4, -0.2) is 40.1 Å². The summed E-state index contributed by atoms with van der Waals surface area (Å²) in [5.41, 5.74) is -0.0861. The molecule has 0 spiro atoms. The molecule has 2 atom stereocenters. The quantitative estimate of drug-likeness (QED) is 0.340. The zero-order chi connectivity index (χ0) is 25.2. The number of non-ortho nitro benzene ring substituents is 1. The number of piperidine rings is 1. The van der Waals surface area contributed by atoms with E-state index in [2.05, 4.69) is 0 Å². The summed E-state index contributed by atoms with van der Waals surface area (Å²) >= 11 is 0. The van der Waals surface area contributed by atoms with Crippen LogP contribution < -0.4 is 9.80 Å². The second kappa shape index (κ2) is 9.97. The third kappa shape index (κ3) is 4.56. The number of benzene rings is 2. The number of rotatable bonds is 8. The fraction of sp³-hybridized carbons (Fsp3) is 0.385. The van der Waals surface area contributed by atoms with Crippen molar-refractivity contribution in [3.63, 3.8) is 0 Å². The molecule has 1 fully saturated rings. The van der Waals surface area contributed by atoms with Gasteiger partial charge in [-0.3, -0.25) is 19.7 Å². The summed E-state index contributed by atoms with van der Waals surface area (Å²) in [7, 11) is 0. The van der Waals surface area contributed by atoms with E-state index in [4.69, 9.17) is 5.11 Å². The SMILES string of the molecule is C[C@H](/C=C/CCO)[C@@]1(O)C(=O)N(Cc2cccc(N3CCCCC3=O)c2)c2ccc([N+](=O)[O-])cc21. The third-order valence-corrected chi connectivity index (χ3v) is 6.73. The van der Waals surface area contributed by atoms with Crippen LogP contribution in [0.4, 0.5) is 17.1 Å². The second-order valence-electron chi connectivity index (χ2n) is 9.02. The lowest BCUT2D eigenvalue weighted by molar-refractivity contribution is -0.385. The molecule has 35 heavy (non-hydrogen) atoms. The predicted molar refractivity (Wildman–Crippen MR) is 131 cm³/mol. The van der Waals surface area contributed by atoms with Crippen molar-refractivity contribution >= 4 is 28.9 Å². The highest BCUT2D eigenvalue weighted by Gasteiger charge is 2.53. The van der Waals surface area contributed by atoms with Crippen molar-refractivity contribution in [1.29, 1.82) is 0 Å². The van der Waals surface area contributed by atoms with E-state index in [1.54, 1.807) is 24.0 Å². The van der Waals surface area contributed by atoms with Gasteiger partial charge in [0.05, 0.1) is 17.2 Å². The second-order valence-corrected chi connectivity index (χ2v) is 9.02. The van der Waals surface area contributed by atoms with E-state index in [0.29, 0.717) is 25.1 Å². The Labute approximate surface area is 203 Å². The molecule has 2 heterocycles. The molecule has 0 unspecified atom stereocenters. The molecular formula is C26H29N3O6. The van der Waals surface area contributed by atoms with Crippen LogP contribution in [0.15, 0.2) is 54.6 Å². The maximum Gasteiger partial charge on any atom is 0.269 e. The number of hydrogen-bond acceptors (Lipinski definition) is 6. The van der Waals surface area contributed by atoms with Crippen LogP contribution in [0, 0.1) is 16.0 Å². The standard InChI is InChI=1S/C26H29N3O6/c1-18(7-3-5-14-30)26(33)22-16-21(29(34)35)11-12-23(22)28(25(26)32)17-19-8-6-9-20(15-19)27-13-4-2-10-24(27)31/h3,6-9,11-12,15-16,18,30,33H,2,4-5,10,13-14,17H2,1H3/b7-3+/t18-,26+/m1/s1. The summed E-state index contributed by atoms with van der Waals surface area (Å²) in [6, 6.07) is 11.5. The first-order valence-corrected chi connectivity index (χ1v) is 11.8. The molecule has 2 aromatic rings. The van der Waals surface area contributed by atoms with Crippen LogP contribution in [0.2, 0.25) is 0 Å². The first-order chi connectivity index (χ1) is 16.8. The van der Waals surface area contributed by atoms with Crippen LogP contribution in [-0.2, 0) is 21.7 Å². The molecule has 0 aliphatic carbocycles. The number of nitro groups is 1. The van der Waals surface area contributed by atoms with Gasteiger partial charge in [0.15, 0.2) is 5.60 Å². The first-order valence-electron chi connectivity index (χ1n) is 11.8. The minimum atomic E-state index is -1.99. The molecule has 9 nitrogen and oxygen atoms in total. The largest absolute Gasteiger partial charge is 0.396 e. The normalized spacial score (nSPS) is 21.0. The fourth-order valence-corrected chi connectivity index (χ4v) is 4.80. The molecule has 2 aliphatic heterocycles. The number of carbonyl (C=O) groups is 2. The van der Waals surface area contributed by atoms with Gasteiger partial charge < -0.3 is 20.0 Å². The smallest absolute Gasteiger partial charge is 0.269 e. The van der Waals surface area contributed by atoms with Crippen LogP contribution in [0.1, 0.15) is 43.7 Å². The molecule has 0 bridgehead atoms. The lowest BCUT2D eigenvalue weighted by atomic mass is 9.82. The van der Waals surface area contributed by atoms with Crippen LogP contribution >= 0.6 is 0 Å². The Hall–Kier alpha value is -3.56. The molecule has 0 aromatic heterocycles. The van der Waals surface area contributed by atoms with E-state index in [0.717, 1.165) is 24.1 Å². The van der Waals surface area contributed by atoms with E-state index in [1.807, 2.05) is 24.3 Å². The number of fused-ring (bicyclic) bond motifs is 1. The highest BCUT2D eigenvalue weighted by Crippen LogP contribution is 2.47. The molecule has 9 heteroatoms. The van der Waals surface area contributed by atoms with Gasteiger partial charge in [0.1, 0.15) is 0 Å². The van der Waals surface area contributed by atoms with Crippen LogP contribution in [0.25, 0.3) is 0 Å². The number of carbonyl (C=O) groups excluding carboxylic acids is 2. The lowest BCUT2D eigenvalue weighted by Crippen LogP contribution is -2.44. The van der Waals surface area contributed by atoms with Gasteiger partial charge in [-0.1, -0.05) is 31.2 Å². The van der Waals surface area contributed by atoms with Crippen molar-refractivity contribution in [2.75, 3.05) is 23.0 Å². The Morgan fingerprint density at radius 2 is 2.00 bits per heavy atom. The third-order valence-electron chi connectivity index (χ3n) is 6.73. The number of aliphatic hydroxyl groups excluding tert-OH is 1. The average molecular weight is 480 g/mol. The minimum Gasteiger partial charge on any atom is -0.396 e. The lowest BCUT2D eigenvalue weighted by Gasteiger charge is -2.28. The summed E-state index contributed by atoms with van der Waals surface area (Å²) in [6.45, 7) is 2.38. The maximum absolute atomic E-state index is 13.6. The Morgan fingerprint density at radius 1 is 1.20 bits per heavy atom.